The molecule has 0 bridgehead atoms. The van der Waals surface area contributed by atoms with E-state index in [-0.39, 0.29) is 16.9 Å². The Labute approximate surface area is 185 Å². The van der Waals surface area contributed by atoms with Crippen LogP contribution in [0.3, 0.4) is 0 Å². The molecule has 0 saturated heterocycles. The van der Waals surface area contributed by atoms with Crippen molar-refractivity contribution in [2.45, 2.75) is 91.3 Å². The Morgan fingerprint density at radius 3 is 2.23 bits per heavy atom. The van der Waals surface area contributed by atoms with Crippen LogP contribution in [0.15, 0.2) is 12.2 Å². The molecule has 4 saturated carbocycles. The lowest BCUT2D eigenvalue weighted by Crippen LogP contribution is -2.58. The highest BCUT2D eigenvalue weighted by Gasteiger charge is 2.82. The van der Waals surface area contributed by atoms with E-state index in [9.17, 15) is 5.11 Å². The predicted octanol–water partition coefficient (Wildman–Crippen LogP) is 4.71. The second kappa shape index (κ2) is 6.14. The fourth-order valence-electron chi connectivity index (χ4n) is 10.7. The molecule has 5 rings (SSSR count). The number of hydrogen-bond acceptors (Lipinski definition) is 3. The standard InChI is InChI=1S/C27H46N2O/c1-17(28-6)22-18(30)15-25(5)20-10-9-19-23(2,3)21(29(7)8)11-12-26(19)16-27(20,26)14-13-24(22,25)4/h9-10,17-22,28,30H,11-16H2,1-8H3/t17-,18-,19+,20+,21+,22+,24-,25+,26-,27+/m1/s1. The van der Waals surface area contributed by atoms with E-state index in [4.69, 9.17) is 0 Å². The molecule has 0 aliphatic heterocycles. The van der Waals surface area contributed by atoms with Crippen LogP contribution in [-0.2, 0) is 0 Å². The summed E-state index contributed by atoms with van der Waals surface area (Å²) in [5, 5.41) is 14.8. The van der Waals surface area contributed by atoms with Crippen LogP contribution >= 0.6 is 0 Å². The molecule has 0 heterocycles. The van der Waals surface area contributed by atoms with E-state index in [2.05, 4.69) is 78.1 Å². The highest BCUT2D eigenvalue weighted by Crippen LogP contribution is 2.87. The molecule has 10 atom stereocenters. The van der Waals surface area contributed by atoms with Crippen LogP contribution in [0.1, 0.15) is 73.1 Å². The largest absolute Gasteiger partial charge is 0.393 e. The van der Waals surface area contributed by atoms with Crippen molar-refractivity contribution < 1.29 is 5.11 Å². The van der Waals surface area contributed by atoms with Crippen LogP contribution in [0.2, 0.25) is 0 Å². The number of aliphatic hydroxyl groups is 1. The summed E-state index contributed by atoms with van der Waals surface area (Å²) in [5.74, 6) is 1.69. The molecule has 0 aromatic heterocycles. The van der Waals surface area contributed by atoms with Gasteiger partial charge in [-0.3, -0.25) is 0 Å². The van der Waals surface area contributed by atoms with Gasteiger partial charge in [-0.25, -0.2) is 0 Å². The lowest BCUT2D eigenvalue weighted by Gasteiger charge is -2.62. The van der Waals surface area contributed by atoms with Gasteiger partial charge in [-0.2, -0.15) is 0 Å². The second-order valence-electron chi connectivity index (χ2n) is 13.4. The highest BCUT2D eigenvalue weighted by molar-refractivity contribution is 5.37. The number of fused-ring (bicyclic) bond motifs is 2. The fourth-order valence-corrected chi connectivity index (χ4v) is 10.7. The van der Waals surface area contributed by atoms with E-state index in [0.29, 0.717) is 46.1 Å². The number of rotatable bonds is 3. The summed E-state index contributed by atoms with van der Waals surface area (Å²) in [6.07, 6.45) is 13.0. The third-order valence-corrected chi connectivity index (χ3v) is 12.2. The van der Waals surface area contributed by atoms with Crippen molar-refractivity contribution in [2.75, 3.05) is 21.1 Å². The smallest absolute Gasteiger partial charge is 0.0594 e. The molecule has 0 unspecified atom stereocenters. The molecule has 170 valence electrons. The molecule has 0 amide bonds. The molecular weight excluding hydrogens is 368 g/mol. The zero-order chi connectivity index (χ0) is 21.9. The van der Waals surface area contributed by atoms with Crippen LogP contribution in [0.25, 0.3) is 0 Å². The maximum absolute atomic E-state index is 11.3. The first-order valence-electron chi connectivity index (χ1n) is 12.6. The molecule has 0 aromatic rings. The van der Waals surface area contributed by atoms with Crippen molar-refractivity contribution in [3.05, 3.63) is 12.2 Å². The van der Waals surface area contributed by atoms with Crippen LogP contribution in [-0.4, -0.2) is 49.3 Å². The van der Waals surface area contributed by atoms with Crippen LogP contribution in [0.5, 0.6) is 0 Å². The molecule has 5 aliphatic rings. The summed E-state index contributed by atoms with van der Waals surface area (Å²) >= 11 is 0. The molecule has 2 N–H and O–H groups in total. The van der Waals surface area contributed by atoms with Crippen LogP contribution in [0, 0.1) is 44.8 Å². The molecule has 3 nitrogen and oxygen atoms in total. The van der Waals surface area contributed by atoms with Crippen LogP contribution in [0.4, 0.5) is 0 Å². The monoisotopic (exact) mass is 414 g/mol. The van der Waals surface area contributed by atoms with Crippen molar-refractivity contribution >= 4 is 0 Å². The van der Waals surface area contributed by atoms with Crippen molar-refractivity contribution in [3.63, 3.8) is 0 Å². The average Bonchev–Trinajstić information content (AvgIpc) is 3.26. The lowest BCUT2D eigenvalue weighted by atomic mass is 9.43. The van der Waals surface area contributed by atoms with Crippen molar-refractivity contribution in [1.82, 2.24) is 10.2 Å². The molecule has 3 heteroatoms. The van der Waals surface area contributed by atoms with Gasteiger partial charge in [-0.15, -0.1) is 0 Å². The Morgan fingerprint density at radius 2 is 1.60 bits per heavy atom. The molecule has 2 spiro atoms. The zero-order valence-electron chi connectivity index (χ0n) is 20.8. The molecular formula is C27H46N2O. The van der Waals surface area contributed by atoms with E-state index in [0.717, 1.165) is 6.42 Å². The van der Waals surface area contributed by atoms with Gasteiger partial charge in [-0.1, -0.05) is 39.8 Å². The zero-order valence-corrected chi connectivity index (χ0v) is 20.8. The van der Waals surface area contributed by atoms with E-state index < -0.39 is 0 Å². The third kappa shape index (κ3) is 2.19. The van der Waals surface area contributed by atoms with Gasteiger partial charge >= 0.3 is 0 Å². The van der Waals surface area contributed by atoms with Crippen molar-refractivity contribution in [1.29, 1.82) is 0 Å². The molecule has 4 fully saturated rings. The summed E-state index contributed by atoms with van der Waals surface area (Å²) in [7, 11) is 6.62. The minimum Gasteiger partial charge on any atom is -0.393 e. The molecule has 5 aliphatic carbocycles. The Kier molecular flexibility index (Phi) is 4.39. The summed E-state index contributed by atoms with van der Waals surface area (Å²) in [6, 6.07) is 1.04. The summed E-state index contributed by atoms with van der Waals surface area (Å²) in [4.78, 5) is 2.48. The van der Waals surface area contributed by atoms with E-state index in [1.165, 1.54) is 32.1 Å². The normalized spacial score (nSPS) is 56.7. The van der Waals surface area contributed by atoms with Crippen LogP contribution < -0.4 is 5.32 Å². The van der Waals surface area contributed by atoms with Gasteiger partial charge in [0.25, 0.3) is 0 Å². The maximum Gasteiger partial charge on any atom is 0.0594 e. The van der Waals surface area contributed by atoms with Gasteiger partial charge in [-0.05, 0) is 106 Å². The van der Waals surface area contributed by atoms with Gasteiger partial charge in [0, 0.05) is 18.0 Å². The van der Waals surface area contributed by atoms with E-state index in [1.54, 1.807) is 0 Å². The quantitative estimate of drug-likeness (QED) is 0.657. The fraction of sp³-hybridized carbons (Fsp3) is 0.926. The number of nitrogens with zero attached hydrogens (tertiary/aromatic N) is 1. The molecule has 0 radical (unpaired) electrons. The Morgan fingerprint density at radius 1 is 0.967 bits per heavy atom. The Balaban J connectivity index is 1.56. The molecule has 0 aromatic carbocycles. The minimum atomic E-state index is -0.181. The van der Waals surface area contributed by atoms with Crippen molar-refractivity contribution in [3.8, 4) is 0 Å². The summed E-state index contributed by atoms with van der Waals surface area (Å²) in [5.41, 5.74) is 1.75. The minimum absolute atomic E-state index is 0.181. The van der Waals surface area contributed by atoms with E-state index >= 15 is 0 Å². The number of hydrogen-bond donors (Lipinski definition) is 2. The number of allylic oxidation sites excluding steroid dienone is 2. The Hall–Kier alpha value is -0.380. The van der Waals surface area contributed by atoms with Gasteiger partial charge in [0.05, 0.1) is 6.10 Å². The number of nitrogens with one attached hydrogen (secondary N) is 1. The van der Waals surface area contributed by atoms with Crippen molar-refractivity contribution in [2.24, 2.45) is 44.8 Å². The summed E-state index contributed by atoms with van der Waals surface area (Å²) < 4.78 is 0. The summed E-state index contributed by atoms with van der Waals surface area (Å²) in [6.45, 7) is 12.4. The van der Waals surface area contributed by atoms with Gasteiger partial charge in [0.1, 0.15) is 0 Å². The maximum atomic E-state index is 11.3. The first-order chi connectivity index (χ1) is 13.9. The first-order valence-corrected chi connectivity index (χ1v) is 12.6. The van der Waals surface area contributed by atoms with E-state index in [1.807, 2.05) is 0 Å². The SMILES string of the molecule is CN[C@H](C)[C@H]1[C@H](O)C[C@@]2(C)[C@@H]3C=C[C@H]4C(C)(C)[C@@H](N(C)C)CC[C@@]45C[C@@]35CC[C@]12C. The second-order valence-corrected chi connectivity index (χ2v) is 13.4. The third-order valence-electron chi connectivity index (χ3n) is 12.2. The van der Waals surface area contributed by atoms with Gasteiger partial charge in [0.15, 0.2) is 0 Å². The van der Waals surface area contributed by atoms with Gasteiger partial charge in [0.2, 0.25) is 0 Å². The Bertz CT molecular complexity index is 760. The van der Waals surface area contributed by atoms with Gasteiger partial charge < -0.3 is 15.3 Å². The number of aliphatic hydroxyl groups excluding tert-OH is 1. The first kappa shape index (κ1) is 21.5. The average molecular weight is 415 g/mol. The topological polar surface area (TPSA) is 35.5 Å². The molecule has 30 heavy (non-hydrogen) atoms. The predicted molar refractivity (Wildman–Crippen MR) is 124 cm³/mol. The highest BCUT2D eigenvalue weighted by atomic mass is 16.3. The lowest BCUT2D eigenvalue weighted by molar-refractivity contribution is -0.105.